The average Bonchev–Trinajstić information content (AvgIpc) is 3.26. The van der Waals surface area contributed by atoms with Crippen molar-refractivity contribution in [2.75, 3.05) is 0 Å². The van der Waals surface area contributed by atoms with Crippen molar-refractivity contribution >= 4 is 30.5 Å². The number of aromatic amines is 2. The third-order valence-electron chi connectivity index (χ3n) is 4.52. The Hall–Kier alpha value is -2.96. The molecule has 0 saturated carbocycles. The molecule has 0 saturated heterocycles. The van der Waals surface area contributed by atoms with Crippen molar-refractivity contribution in [2.45, 2.75) is 80.3 Å². The Morgan fingerprint density at radius 2 is 0.848 bits per heavy atom. The number of nitrogens with one attached hydrogen (secondary N) is 2. The van der Waals surface area contributed by atoms with Crippen LogP contribution in [0.1, 0.15) is 69.2 Å². The van der Waals surface area contributed by atoms with Gasteiger partial charge >= 0.3 is 11.4 Å². The zero-order chi connectivity index (χ0) is 24.7. The fourth-order valence-electron chi connectivity index (χ4n) is 3.44. The number of rotatable bonds is 0. The molecule has 2 N–H and O–H groups in total. The summed E-state index contributed by atoms with van der Waals surface area (Å²) in [4.78, 5) is 29.1. The van der Waals surface area contributed by atoms with Crippen LogP contribution < -0.4 is 11.4 Å². The van der Waals surface area contributed by atoms with Gasteiger partial charge in [0.05, 0.1) is 22.1 Å². The summed E-state index contributed by atoms with van der Waals surface area (Å²) in [6.45, 7) is 20.1. The van der Waals surface area contributed by atoms with Crippen molar-refractivity contribution in [3.05, 3.63) is 69.5 Å². The molecule has 0 aliphatic rings. The molecule has 4 rings (SSSR count). The van der Waals surface area contributed by atoms with Gasteiger partial charge in [-0.1, -0.05) is 52.0 Å². The van der Waals surface area contributed by atoms with Crippen molar-refractivity contribution in [3.63, 3.8) is 0 Å². The highest BCUT2D eigenvalue weighted by Gasteiger charge is 2.19. The maximum atomic E-state index is 11.7. The fraction of sp³-hybridized carbons (Fsp3) is 0.462. The molecule has 0 amide bonds. The molecular weight excluding hydrogens is 411 g/mol. The Morgan fingerprint density at radius 3 is 1.12 bits per heavy atom. The smallest absolute Gasteiger partial charge is 0.306 e. The van der Waals surface area contributed by atoms with Crippen molar-refractivity contribution < 1.29 is 0 Å². The molecule has 0 unspecified atom stereocenters. The molecule has 179 valence electrons. The first-order chi connectivity index (χ1) is 15.0. The van der Waals surface area contributed by atoms with Gasteiger partial charge in [0.2, 0.25) is 0 Å². The molecule has 2 aromatic heterocycles. The molecular formula is C26H40BN4O2. The molecule has 0 aliphatic carbocycles. The number of para-hydroxylation sites is 4. The average molecular weight is 451 g/mol. The lowest BCUT2D eigenvalue weighted by Crippen LogP contribution is -2.31. The van der Waals surface area contributed by atoms with E-state index in [2.05, 4.69) is 9.97 Å². The number of hydrogen-bond donors (Lipinski definition) is 2. The topological polar surface area (TPSA) is 75.6 Å². The third kappa shape index (κ3) is 7.01. The highest BCUT2D eigenvalue weighted by atomic mass is 16.1. The first-order valence-electron chi connectivity index (χ1n) is 11.4. The van der Waals surface area contributed by atoms with E-state index >= 15 is 0 Å². The van der Waals surface area contributed by atoms with E-state index in [0.717, 1.165) is 22.1 Å². The van der Waals surface area contributed by atoms with Gasteiger partial charge < -0.3 is 9.97 Å². The van der Waals surface area contributed by atoms with Crippen molar-refractivity contribution in [1.29, 1.82) is 0 Å². The number of H-pyrrole nitrogens is 2. The van der Waals surface area contributed by atoms with Crippen LogP contribution in [0.5, 0.6) is 0 Å². The van der Waals surface area contributed by atoms with Crippen LogP contribution in [0.4, 0.5) is 0 Å². The summed E-state index contributed by atoms with van der Waals surface area (Å²) in [7, 11) is 0. The van der Waals surface area contributed by atoms with E-state index in [9.17, 15) is 9.59 Å². The van der Waals surface area contributed by atoms with Gasteiger partial charge in [-0.25, -0.2) is 9.59 Å². The lowest BCUT2D eigenvalue weighted by atomic mass is 10.1. The van der Waals surface area contributed by atoms with Crippen LogP contribution >= 0.6 is 0 Å². The summed E-state index contributed by atoms with van der Waals surface area (Å²) in [5, 5.41) is 0. The minimum Gasteiger partial charge on any atom is -0.306 e. The lowest BCUT2D eigenvalue weighted by Gasteiger charge is -2.20. The van der Waals surface area contributed by atoms with E-state index in [-0.39, 0.29) is 30.9 Å². The van der Waals surface area contributed by atoms with Gasteiger partial charge in [-0.2, -0.15) is 0 Å². The molecule has 7 heteroatoms. The molecule has 0 bridgehead atoms. The van der Waals surface area contributed by atoms with E-state index < -0.39 is 0 Å². The second kappa shape index (κ2) is 12.3. The van der Waals surface area contributed by atoms with Gasteiger partial charge in [0.1, 0.15) is 0 Å². The predicted octanol–water partition coefficient (Wildman–Crippen LogP) is 5.84. The van der Waals surface area contributed by atoms with Gasteiger partial charge in [-0.3, -0.25) is 9.13 Å². The summed E-state index contributed by atoms with van der Waals surface area (Å²) in [5.74, 6) is 0. The van der Waals surface area contributed by atoms with E-state index in [1.165, 1.54) is 0 Å². The van der Waals surface area contributed by atoms with Crippen LogP contribution in [-0.4, -0.2) is 27.5 Å². The summed E-state index contributed by atoms with van der Waals surface area (Å²) in [6.07, 6.45) is 0. The molecule has 4 aromatic rings. The number of benzene rings is 2. The van der Waals surface area contributed by atoms with E-state index in [0.29, 0.717) is 0 Å². The molecule has 0 aliphatic heterocycles. The second-order valence-electron chi connectivity index (χ2n) is 8.91. The maximum Gasteiger partial charge on any atom is 0.326 e. The molecule has 0 spiro atoms. The van der Waals surface area contributed by atoms with Gasteiger partial charge in [0.25, 0.3) is 0 Å². The fourth-order valence-corrected chi connectivity index (χ4v) is 3.44. The third-order valence-corrected chi connectivity index (χ3v) is 4.52. The predicted molar refractivity (Wildman–Crippen MR) is 144 cm³/mol. The van der Waals surface area contributed by atoms with Crippen molar-refractivity contribution in [3.8, 4) is 0 Å². The summed E-state index contributed by atoms with van der Waals surface area (Å²) >= 11 is 0. The molecule has 0 fully saturated rings. The standard InChI is InChI=1S/2C11H14N2O.2C2H6.B/c2*1-11(2,3)13-9-7-5-4-6-8(9)12-10(13)14;2*1-2;/h2*4-7H,1-3H3,(H,12,14);2*1-2H3;. The zero-order valence-electron chi connectivity index (χ0n) is 21.9. The molecule has 33 heavy (non-hydrogen) atoms. The minimum atomic E-state index is -0.184. The van der Waals surface area contributed by atoms with Crippen molar-refractivity contribution in [2.24, 2.45) is 0 Å². The first kappa shape index (κ1) is 30.0. The maximum absolute atomic E-state index is 11.7. The Bertz CT molecular complexity index is 1130. The first-order valence-corrected chi connectivity index (χ1v) is 11.4. The SMILES string of the molecule is CC.CC.CC(C)(C)n1c(=O)[nH]c2ccccc21.CC(C)(C)n1c(=O)[nH]c2ccccc21.[B]. The van der Waals surface area contributed by atoms with Gasteiger partial charge in [-0.15, -0.1) is 0 Å². The van der Waals surface area contributed by atoms with Crippen LogP contribution in [-0.2, 0) is 11.1 Å². The molecule has 2 heterocycles. The van der Waals surface area contributed by atoms with Crippen LogP contribution in [0.3, 0.4) is 0 Å². The molecule has 0 atom stereocenters. The zero-order valence-corrected chi connectivity index (χ0v) is 21.9. The highest BCUT2D eigenvalue weighted by Crippen LogP contribution is 2.19. The Kier molecular flexibility index (Phi) is 11.2. The monoisotopic (exact) mass is 451 g/mol. The van der Waals surface area contributed by atoms with Gasteiger partial charge in [0, 0.05) is 19.5 Å². The number of imidazole rings is 2. The van der Waals surface area contributed by atoms with Crippen molar-refractivity contribution in [1.82, 2.24) is 19.1 Å². The largest absolute Gasteiger partial charge is 0.326 e. The number of aromatic nitrogens is 4. The second-order valence-corrected chi connectivity index (χ2v) is 8.91. The van der Waals surface area contributed by atoms with Crippen LogP contribution in [0.15, 0.2) is 58.1 Å². The number of nitrogens with zero attached hydrogens (tertiary/aromatic N) is 2. The van der Waals surface area contributed by atoms with Crippen LogP contribution in [0.25, 0.3) is 22.1 Å². The molecule has 3 radical (unpaired) electrons. The van der Waals surface area contributed by atoms with Gasteiger partial charge in [0.15, 0.2) is 0 Å². The summed E-state index contributed by atoms with van der Waals surface area (Å²) < 4.78 is 3.56. The Balaban J connectivity index is 0.000000526. The van der Waals surface area contributed by atoms with Gasteiger partial charge in [-0.05, 0) is 65.8 Å². The van der Waals surface area contributed by atoms with E-state index in [1.54, 1.807) is 9.13 Å². The summed E-state index contributed by atoms with van der Waals surface area (Å²) in [5.41, 5.74) is 3.26. The molecule has 6 nitrogen and oxygen atoms in total. The minimum absolute atomic E-state index is 0. The highest BCUT2D eigenvalue weighted by molar-refractivity contribution is 5.76. The van der Waals surface area contributed by atoms with E-state index in [4.69, 9.17) is 0 Å². The Labute approximate surface area is 199 Å². The number of fused-ring (bicyclic) bond motifs is 2. The van der Waals surface area contributed by atoms with E-state index in [1.807, 2.05) is 118 Å². The normalized spacial score (nSPS) is 10.7. The number of hydrogen-bond acceptors (Lipinski definition) is 2. The lowest BCUT2D eigenvalue weighted by molar-refractivity contribution is 0.397. The van der Waals surface area contributed by atoms with Crippen LogP contribution in [0.2, 0.25) is 0 Å². The van der Waals surface area contributed by atoms with Crippen LogP contribution in [0, 0.1) is 0 Å². The molecule has 2 aromatic carbocycles. The Morgan fingerprint density at radius 1 is 0.576 bits per heavy atom. The summed E-state index contributed by atoms with van der Waals surface area (Å²) in [6, 6.07) is 15.5. The quantitative estimate of drug-likeness (QED) is 0.330.